The van der Waals surface area contributed by atoms with E-state index < -0.39 is 0 Å². The Hall–Kier alpha value is -0.530. The van der Waals surface area contributed by atoms with Crippen molar-refractivity contribution in [2.45, 2.75) is 64.0 Å². The SMILES string of the molecule is CC1CC(C)CC(NC2CC(c3ccccc3Cl)C2)C1. The molecule has 0 radical (unpaired) electrons. The number of halogens is 1. The summed E-state index contributed by atoms with van der Waals surface area (Å²) >= 11 is 6.29. The summed E-state index contributed by atoms with van der Waals surface area (Å²) in [4.78, 5) is 0. The first-order chi connectivity index (χ1) is 9.61. The van der Waals surface area contributed by atoms with Crippen molar-refractivity contribution in [1.29, 1.82) is 0 Å². The minimum absolute atomic E-state index is 0.666. The Morgan fingerprint density at radius 3 is 2.15 bits per heavy atom. The van der Waals surface area contributed by atoms with Crippen molar-refractivity contribution < 1.29 is 0 Å². The van der Waals surface area contributed by atoms with Crippen molar-refractivity contribution >= 4 is 11.6 Å². The van der Waals surface area contributed by atoms with Gasteiger partial charge in [0, 0.05) is 17.1 Å². The predicted molar refractivity (Wildman–Crippen MR) is 86.3 cm³/mol. The van der Waals surface area contributed by atoms with E-state index in [0.29, 0.717) is 12.0 Å². The zero-order valence-electron chi connectivity index (χ0n) is 12.6. The van der Waals surface area contributed by atoms with Crippen LogP contribution in [0.5, 0.6) is 0 Å². The second kappa shape index (κ2) is 6.07. The van der Waals surface area contributed by atoms with Crippen LogP contribution in [0.25, 0.3) is 0 Å². The molecule has 0 aliphatic heterocycles. The van der Waals surface area contributed by atoms with Gasteiger partial charge >= 0.3 is 0 Å². The van der Waals surface area contributed by atoms with Crippen molar-refractivity contribution in [3.05, 3.63) is 34.9 Å². The highest BCUT2D eigenvalue weighted by atomic mass is 35.5. The maximum absolute atomic E-state index is 6.29. The van der Waals surface area contributed by atoms with Gasteiger partial charge in [-0.3, -0.25) is 0 Å². The second-order valence-electron chi connectivity index (χ2n) is 7.17. The molecule has 2 fully saturated rings. The van der Waals surface area contributed by atoms with Crippen molar-refractivity contribution in [3.8, 4) is 0 Å². The molecular formula is C18H26ClN. The molecule has 1 N–H and O–H groups in total. The largest absolute Gasteiger partial charge is 0.311 e. The lowest BCUT2D eigenvalue weighted by Gasteiger charge is -2.41. The molecule has 2 aliphatic carbocycles. The smallest absolute Gasteiger partial charge is 0.0440 e. The van der Waals surface area contributed by atoms with Gasteiger partial charge in [0.15, 0.2) is 0 Å². The van der Waals surface area contributed by atoms with E-state index >= 15 is 0 Å². The molecule has 2 heteroatoms. The van der Waals surface area contributed by atoms with Gasteiger partial charge in [0.25, 0.3) is 0 Å². The van der Waals surface area contributed by atoms with Crippen LogP contribution in [0.4, 0.5) is 0 Å². The number of benzene rings is 1. The fraction of sp³-hybridized carbons (Fsp3) is 0.667. The van der Waals surface area contributed by atoms with Gasteiger partial charge in [-0.15, -0.1) is 0 Å². The van der Waals surface area contributed by atoms with Gasteiger partial charge in [-0.05, 0) is 61.5 Å². The molecular weight excluding hydrogens is 266 g/mol. The topological polar surface area (TPSA) is 12.0 Å². The van der Waals surface area contributed by atoms with Gasteiger partial charge in [-0.2, -0.15) is 0 Å². The maximum Gasteiger partial charge on any atom is 0.0440 e. The van der Waals surface area contributed by atoms with Crippen molar-refractivity contribution in [1.82, 2.24) is 5.32 Å². The molecule has 0 amide bonds. The molecule has 1 aromatic rings. The number of nitrogens with one attached hydrogen (secondary N) is 1. The summed E-state index contributed by atoms with van der Waals surface area (Å²) in [6.45, 7) is 4.80. The molecule has 3 rings (SSSR count). The van der Waals surface area contributed by atoms with E-state index in [4.69, 9.17) is 11.6 Å². The van der Waals surface area contributed by atoms with Crippen LogP contribution in [0.15, 0.2) is 24.3 Å². The number of hydrogen-bond acceptors (Lipinski definition) is 1. The Bertz CT molecular complexity index is 442. The second-order valence-corrected chi connectivity index (χ2v) is 7.58. The van der Waals surface area contributed by atoms with Gasteiger partial charge in [-0.1, -0.05) is 43.6 Å². The van der Waals surface area contributed by atoms with Crippen molar-refractivity contribution in [3.63, 3.8) is 0 Å². The molecule has 1 nitrogen and oxygen atoms in total. The van der Waals surface area contributed by atoms with Crippen LogP contribution in [-0.4, -0.2) is 12.1 Å². The van der Waals surface area contributed by atoms with E-state index in [0.717, 1.165) is 22.9 Å². The van der Waals surface area contributed by atoms with Crippen LogP contribution in [-0.2, 0) is 0 Å². The average Bonchev–Trinajstić information content (AvgIpc) is 2.33. The molecule has 20 heavy (non-hydrogen) atoms. The average molecular weight is 292 g/mol. The van der Waals surface area contributed by atoms with Crippen LogP contribution >= 0.6 is 11.6 Å². The van der Waals surface area contributed by atoms with E-state index in [9.17, 15) is 0 Å². The lowest BCUT2D eigenvalue weighted by atomic mass is 9.74. The summed E-state index contributed by atoms with van der Waals surface area (Å²) in [6.07, 6.45) is 6.63. The number of hydrogen-bond donors (Lipinski definition) is 1. The molecule has 1 aromatic carbocycles. The first kappa shape index (κ1) is 14.4. The Kier molecular flexibility index (Phi) is 4.37. The molecule has 0 heterocycles. The lowest BCUT2D eigenvalue weighted by Crippen LogP contribution is -2.47. The van der Waals surface area contributed by atoms with Gasteiger partial charge in [0.2, 0.25) is 0 Å². The molecule has 2 aliphatic rings. The highest BCUT2D eigenvalue weighted by molar-refractivity contribution is 6.31. The third-order valence-electron chi connectivity index (χ3n) is 5.13. The predicted octanol–water partition coefficient (Wildman–Crippen LogP) is 5.00. The zero-order chi connectivity index (χ0) is 14.1. The van der Waals surface area contributed by atoms with Crippen LogP contribution in [0.3, 0.4) is 0 Å². The highest BCUT2D eigenvalue weighted by Gasteiger charge is 2.34. The first-order valence-electron chi connectivity index (χ1n) is 8.12. The van der Waals surface area contributed by atoms with Gasteiger partial charge in [0.1, 0.15) is 0 Å². The number of rotatable bonds is 3. The zero-order valence-corrected chi connectivity index (χ0v) is 13.4. The summed E-state index contributed by atoms with van der Waals surface area (Å²) in [5.74, 6) is 2.44. The minimum atomic E-state index is 0.666. The molecule has 0 bridgehead atoms. The van der Waals surface area contributed by atoms with Crippen LogP contribution < -0.4 is 5.32 Å². The minimum Gasteiger partial charge on any atom is -0.311 e. The Morgan fingerprint density at radius 2 is 1.50 bits per heavy atom. The Labute approximate surface area is 128 Å². The Balaban J connectivity index is 1.50. The summed E-state index contributed by atoms with van der Waals surface area (Å²) in [5, 5.41) is 4.83. The van der Waals surface area contributed by atoms with Gasteiger partial charge in [0.05, 0.1) is 0 Å². The van der Waals surface area contributed by atoms with Crippen LogP contribution in [0.1, 0.15) is 57.4 Å². The fourth-order valence-corrected chi connectivity index (χ4v) is 4.52. The summed E-state index contributed by atoms with van der Waals surface area (Å²) < 4.78 is 0. The van der Waals surface area contributed by atoms with E-state index in [1.54, 1.807) is 0 Å². The molecule has 110 valence electrons. The molecule has 0 saturated heterocycles. The monoisotopic (exact) mass is 291 g/mol. The summed E-state index contributed by atoms with van der Waals surface area (Å²) in [5.41, 5.74) is 1.34. The summed E-state index contributed by atoms with van der Waals surface area (Å²) in [6, 6.07) is 9.78. The highest BCUT2D eigenvalue weighted by Crippen LogP contribution is 2.41. The Morgan fingerprint density at radius 1 is 0.900 bits per heavy atom. The van der Waals surface area contributed by atoms with E-state index in [-0.39, 0.29) is 0 Å². The molecule has 0 spiro atoms. The lowest BCUT2D eigenvalue weighted by molar-refractivity contribution is 0.188. The summed E-state index contributed by atoms with van der Waals surface area (Å²) in [7, 11) is 0. The molecule has 2 saturated carbocycles. The van der Waals surface area contributed by atoms with Crippen LogP contribution in [0, 0.1) is 11.8 Å². The van der Waals surface area contributed by atoms with Gasteiger partial charge < -0.3 is 5.32 Å². The van der Waals surface area contributed by atoms with Crippen molar-refractivity contribution in [2.24, 2.45) is 11.8 Å². The fourth-order valence-electron chi connectivity index (χ4n) is 4.23. The third kappa shape index (κ3) is 3.20. The van der Waals surface area contributed by atoms with Gasteiger partial charge in [-0.25, -0.2) is 0 Å². The van der Waals surface area contributed by atoms with E-state index in [1.165, 1.54) is 37.7 Å². The normalized spacial score (nSPS) is 37.5. The van der Waals surface area contributed by atoms with E-state index in [2.05, 4.69) is 31.3 Å². The third-order valence-corrected chi connectivity index (χ3v) is 5.48. The van der Waals surface area contributed by atoms with E-state index in [1.807, 2.05) is 12.1 Å². The molecule has 2 atom stereocenters. The first-order valence-corrected chi connectivity index (χ1v) is 8.50. The van der Waals surface area contributed by atoms with Crippen molar-refractivity contribution in [2.75, 3.05) is 0 Å². The standard InChI is InChI=1S/C18H26ClN/c1-12-7-13(2)9-15(8-12)20-16-10-14(11-16)17-5-3-4-6-18(17)19/h3-6,12-16,20H,7-11H2,1-2H3. The quantitative estimate of drug-likeness (QED) is 0.826. The van der Waals surface area contributed by atoms with Crippen LogP contribution in [0.2, 0.25) is 5.02 Å². The molecule has 2 unspecified atom stereocenters. The molecule has 0 aromatic heterocycles. The maximum atomic E-state index is 6.29.